The topological polar surface area (TPSA) is 47.0 Å². The summed E-state index contributed by atoms with van der Waals surface area (Å²) in [5, 5.41) is 0. The molecule has 1 atom stereocenters. The van der Waals surface area contributed by atoms with Crippen LogP contribution >= 0.6 is 0 Å². The van der Waals surface area contributed by atoms with Crippen LogP contribution in [0.25, 0.3) is 0 Å². The van der Waals surface area contributed by atoms with Gasteiger partial charge in [-0.15, -0.1) is 0 Å². The van der Waals surface area contributed by atoms with Crippen molar-refractivity contribution in [2.45, 2.75) is 37.5 Å². The number of ketones is 2. The third-order valence-electron chi connectivity index (χ3n) is 5.81. The van der Waals surface area contributed by atoms with E-state index in [2.05, 4.69) is 4.98 Å². The third kappa shape index (κ3) is 4.88. The number of aromatic nitrogens is 1. The molecular weight excluding hydrogens is 460 g/mol. The number of fused-ring (bicyclic) bond motifs is 1. The molecule has 0 fully saturated rings. The van der Waals surface area contributed by atoms with Crippen molar-refractivity contribution < 1.29 is 35.9 Å². The molecule has 0 radical (unpaired) electrons. The van der Waals surface area contributed by atoms with Crippen molar-refractivity contribution in [3.63, 3.8) is 0 Å². The number of nitrogens with zero attached hydrogens (tertiary/aromatic N) is 1. The lowest BCUT2D eigenvalue weighted by Gasteiger charge is -2.21. The van der Waals surface area contributed by atoms with Crippen LogP contribution in [0.15, 0.2) is 60.8 Å². The Morgan fingerprint density at radius 1 is 0.882 bits per heavy atom. The first kappa shape index (κ1) is 23.7. The lowest BCUT2D eigenvalue weighted by atomic mass is 9.85. The third-order valence-corrected chi connectivity index (χ3v) is 5.81. The first-order valence-corrected chi connectivity index (χ1v) is 10.3. The molecule has 2 aromatic carbocycles. The van der Waals surface area contributed by atoms with E-state index in [1.807, 2.05) is 0 Å². The molecule has 0 aliphatic heterocycles. The van der Waals surface area contributed by atoms with E-state index < -0.39 is 47.3 Å². The highest BCUT2D eigenvalue weighted by Crippen LogP contribution is 2.39. The van der Waals surface area contributed by atoms with Crippen LogP contribution in [0.1, 0.15) is 56.2 Å². The number of benzene rings is 2. The lowest BCUT2D eigenvalue weighted by molar-refractivity contribution is -0.139. The predicted molar refractivity (Wildman–Crippen MR) is 110 cm³/mol. The summed E-state index contributed by atoms with van der Waals surface area (Å²) in [5.41, 5.74) is -0.661. The fraction of sp³-hybridized carbons (Fsp3) is 0.240. The number of halogens is 6. The Balaban J connectivity index is 1.74. The summed E-state index contributed by atoms with van der Waals surface area (Å²) in [7, 11) is 0. The maximum atomic E-state index is 13.7. The normalized spacial score (nSPS) is 14.7. The molecule has 3 nitrogen and oxygen atoms in total. The molecular formula is C25H17F6NO2. The highest BCUT2D eigenvalue weighted by Gasteiger charge is 2.37. The molecule has 176 valence electrons. The van der Waals surface area contributed by atoms with Crippen molar-refractivity contribution >= 4 is 11.6 Å². The van der Waals surface area contributed by atoms with E-state index in [0.717, 1.165) is 48.2 Å². The summed E-state index contributed by atoms with van der Waals surface area (Å²) in [4.78, 5) is 28.6. The van der Waals surface area contributed by atoms with Crippen LogP contribution in [0.2, 0.25) is 0 Å². The number of alkyl halides is 6. The molecule has 4 rings (SSSR count). The minimum atomic E-state index is -4.77. The van der Waals surface area contributed by atoms with Crippen molar-refractivity contribution in [2.24, 2.45) is 0 Å². The Kier molecular flexibility index (Phi) is 6.05. The van der Waals surface area contributed by atoms with E-state index in [9.17, 15) is 35.9 Å². The van der Waals surface area contributed by atoms with Gasteiger partial charge in [-0.1, -0.05) is 24.3 Å². The minimum Gasteiger partial charge on any atom is -0.299 e. The molecule has 1 aromatic heterocycles. The summed E-state index contributed by atoms with van der Waals surface area (Å²) in [6.45, 7) is 0. The van der Waals surface area contributed by atoms with E-state index >= 15 is 0 Å². The van der Waals surface area contributed by atoms with Crippen LogP contribution in [0, 0.1) is 0 Å². The van der Waals surface area contributed by atoms with Gasteiger partial charge in [0.1, 0.15) is 5.78 Å². The predicted octanol–water partition coefficient (Wildman–Crippen LogP) is 6.19. The Hall–Kier alpha value is -3.49. The first-order valence-electron chi connectivity index (χ1n) is 10.3. The van der Waals surface area contributed by atoms with E-state index in [-0.39, 0.29) is 29.8 Å². The van der Waals surface area contributed by atoms with E-state index in [1.54, 1.807) is 12.1 Å². The molecule has 1 heterocycles. The zero-order chi connectivity index (χ0) is 24.7. The quantitative estimate of drug-likeness (QED) is 0.325. The highest BCUT2D eigenvalue weighted by molar-refractivity contribution is 5.98. The molecule has 3 aromatic rings. The van der Waals surface area contributed by atoms with Gasteiger partial charge in [-0.3, -0.25) is 14.6 Å². The Morgan fingerprint density at radius 2 is 1.56 bits per heavy atom. The summed E-state index contributed by atoms with van der Waals surface area (Å²) < 4.78 is 80.0. The fourth-order valence-corrected chi connectivity index (χ4v) is 4.14. The van der Waals surface area contributed by atoms with Gasteiger partial charge >= 0.3 is 12.4 Å². The number of carbonyl (C=O) groups is 2. The van der Waals surface area contributed by atoms with Crippen LogP contribution in [-0.4, -0.2) is 16.6 Å². The maximum absolute atomic E-state index is 13.7. The van der Waals surface area contributed by atoms with Crippen LogP contribution in [0.3, 0.4) is 0 Å². The molecule has 9 heteroatoms. The molecule has 0 N–H and O–H groups in total. The van der Waals surface area contributed by atoms with Crippen LogP contribution < -0.4 is 0 Å². The van der Waals surface area contributed by atoms with Gasteiger partial charge in [0, 0.05) is 36.9 Å². The van der Waals surface area contributed by atoms with Crippen molar-refractivity contribution in [1.82, 2.24) is 4.98 Å². The van der Waals surface area contributed by atoms with Gasteiger partial charge in [-0.25, -0.2) is 0 Å². The van der Waals surface area contributed by atoms with Crippen LogP contribution in [-0.2, 0) is 30.0 Å². The average Bonchev–Trinajstić information content (AvgIpc) is 3.15. The molecule has 0 bridgehead atoms. The molecule has 0 amide bonds. The van der Waals surface area contributed by atoms with Crippen molar-refractivity contribution in [2.75, 3.05) is 0 Å². The first-order chi connectivity index (χ1) is 15.9. The summed E-state index contributed by atoms with van der Waals surface area (Å²) >= 11 is 0. The number of carbonyl (C=O) groups excluding carboxylic acids is 2. The van der Waals surface area contributed by atoms with E-state index in [1.165, 1.54) is 6.07 Å². The van der Waals surface area contributed by atoms with Crippen LogP contribution in [0.4, 0.5) is 26.3 Å². The second-order valence-electron chi connectivity index (χ2n) is 8.11. The van der Waals surface area contributed by atoms with Crippen molar-refractivity contribution in [3.05, 3.63) is 99.9 Å². The Labute approximate surface area is 190 Å². The van der Waals surface area contributed by atoms with Gasteiger partial charge in [-0.2, -0.15) is 26.3 Å². The number of hydrogen-bond acceptors (Lipinski definition) is 3. The van der Waals surface area contributed by atoms with Crippen molar-refractivity contribution in [3.8, 4) is 0 Å². The second kappa shape index (κ2) is 8.70. The van der Waals surface area contributed by atoms with Crippen molar-refractivity contribution in [1.29, 1.82) is 0 Å². The van der Waals surface area contributed by atoms with Gasteiger partial charge in [-0.05, 0) is 47.0 Å². The van der Waals surface area contributed by atoms with E-state index in [0.29, 0.717) is 5.56 Å². The highest BCUT2D eigenvalue weighted by atomic mass is 19.4. The van der Waals surface area contributed by atoms with Crippen LogP contribution in [0.5, 0.6) is 0 Å². The van der Waals surface area contributed by atoms with Gasteiger partial charge in [0.25, 0.3) is 0 Å². The second-order valence-corrected chi connectivity index (χ2v) is 8.11. The van der Waals surface area contributed by atoms with Gasteiger partial charge < -0.3 is 0 Å². The smallest absolute Gasteiger partial charge is 0.299 e. The maximum Gasteiger partial charge on any atom is 0.418 e. The summed E-state index contributed by atoms with van der Waals surface area (Å²) in [6.07, 6.45) is -8.25. The molecule has 1 aliphatic rings. The number of pyridine rings is 1. The standard InChI is InChI=1S/C25H17F6NO2/c26-24(27,28)18-7-5-14(6-8-18)20(23-21(25(29,30)31)2-1-9-32-23)13-22(34)16-4-3-15-11-19(33)12-17(15)10-16/h1-10,20H,11-13H2/t20-/m0/s1. The number of rotatable bonds is 5. The molecule has 34 heavy (non-hydrogen) atoms. The average molecular weight is 477 g/mol. The summed E-state index contributed by atoms with van der Waals surface area (Å²) in [6, 6.07) is 10.3. The van der Waals surface area contributed by atoms with Gasteiger partial charge in [0.05, 0.1) is 16.8 Å². The zero-order valence-corrected chi connectivity index (χ0v) is 17.5. The zero-order valence-electron chi connectivity index (χ0n) is 17.5. The largest absolute Gasteiger partial charge is 0.418 e. The SMILES string of the molecule is O=C1Cc2ccc(C(=O)C[C@@H](c3ccc(C(F)(F)F)cc3)c3ncccc3C(F)(F)F)cc2C1. The Morgan fingerprint density at radius 3 is 2.21 bits per heavy atom. The van der Waals surface area contributed by atoms with E-state index in [4.69, 9.17) is 0 Å². The molecule has 0 saturated heterocycles. The molecule has 0 unspecified atom stereocenters. The van der Waals surface area contributed by atoms with Gasteiger partial charge in [0.2, 0.25) is 0 Å². The monoisotopic (exact) mass is 477 g/mol. The molecule has 0 spiro atoms. The molecule has 1 aliphatic carbocycles. The minimum absolute atomic E-state index is 0.00512. The summed E-state index contributed by atoms with van der Waals surface area (Å²) in [5.74, 6) is -1.74. The number of Topliss-reactive ketones (excluding diaryl/α,β-unsaturated/α-hetero) is 2. The number of hydrogen-bond donors (Lipinski definition) is 0. The van der Waals surface area contributed by atoms with Gasteiger partial charge in [0.15, 0.2) is 5.78 Å². The fourth-order valence-electron chi connectivity index (χ4n) is 4.14. The lowest BCUT2D eigenvalue weighted by Crippen LogP contribution is -2.17. The molecule has 0 saturated carbocycles. The Bertz CT molecular complexity index is 1250.